The Morgan fingerprint density at radius 1 is 1.21 bits per heavy atom. The molecule has 24 heavy (non-hydrogen) atoms. The van der Waals surface area contributed by atoms with Crippen LogP contribution in [0.4, 0.5) is 4.39 Å². The third kappa shape index (κ3) is 5.30. The maximum atomic E-state index is 12.0. The number of alkyl halides is 1. The van der Waals surface area contributed by atoms with Crippen molar-refractivity contribution in [1.29, 1.82) is 0 Å². The fraction of sp³-hybridized carbons (Fsp3) is 0.368. The molecule has 128 valence electrons. The first-order valence-corrected chi connectivity index (χ1v) is 8.16. The van der Waals surface area contributed by atoms with Crippen LogP contribution in [0, 0.1) is 11.8 Å². The fourth-order valence-corrected chi connectivity index (χ4v) is 2.17. The summed E-state index contributed by atoms with van der Waals surface area (Å²) in [5, 5.41) is 2.54. The van der Waals surface area contributed by atoms with Gasteiger partial charge >= 0.3 is 0 Å². The maximum Gasteiger partial charge on any atom is 0.113 e. The molecule has 0 aromatic heterocycles. The molecular weight excluding hydrogens is 327 g/mol. The summed E-state index contributed by atoms with van der Waals surface area (Å²) >= 11 is 6.31. The number of nitrogens with zero attached hydrogens (tertiary/aromatic N) is 1. The van der Waals surface area contributed by atoms with E-state index in [-0.39, 0.29) is 12.1 Å². The smallest absolute Gasteiger partial charge is 0.113 e. The predicted octanol–water partition coefficient (Wildman–Crippen LogP) is 4.11. The highest BCUT2D eigenvalue weighted by Gasteiger charge is 2.21. The van der Waals surface area contributed by atoms with E-state index in [1.807, 2.05) is 35.5 Å². The van der Waals surface area contributed by atoms with E-state index in [0.717, 1.165) is 16.7 Å². The molecule has 0 aliphatic carbocycles. The summed E-state index contributed by atoms with van der Waals surface area (Å²) in [4.78, 5) is 0. The predicted molar refractivity (Wildman–Crippen MR) is 95.7 cm³/mol. The Labute approximate surface area is 148 Å². The number of ether oxygens (including phenoxy) is 1. The Kier molecular flexibility index (Phi) is 6.30. The van der Waals surface area contributed by atoms with Crippen molar-refractivity contribution in [2.75, 3.05) is 13.3 Å². The Balaban J connectivity index is 2.00. The number of benzene rings is 1. The Morgan fingerprint density at radius 3 is 2.50 bits per heavy atom. The summed E-state index contributed by atoms with van der Waals surface area (Å²) in [6.07, 6.45) is 3.65. The van der Waals surface area contributed by atoms with E-state index in [4.69, 9.17) is 16.3 Å². The summed E-state index contributed by atoms with van der Waals surface area (Å²) in [5.74, 6) is 6.16. The molecule has 1 heterocycles. The van der Waals surface area contributed by atoms with Crippen molar-refractivity contribution in [3.8, 4) is 11.8 Å². The molecule has 0 spiro atoms. The van der Waals surface area contributed by atoms with Gasteiger partial charge in [-0.1, -0.05) is 35.6 Å². The molecule has 0 amide bonds. The Bertz CT molecular complexity index is 678. The molecule has 0 unspecified atom stereocenters. The van der Waals surface area contributed by atoms with Crippen LogP contribution in [0.25, 0.3) is 0 Å². The number of hydrazine groups is 1. The van der Waals surface area contributed by atoms with Gasteiger partial charge in [0.1, 0.15) is 6.67 Å². The average molecular weight is 349 g/mol. The molecule has 0 saturated heterocycles. The van der Waals surface area contributed by atoms with Gasteiger partial charge in [-0.05, 0) is 38.5 Å². The molecule has 1 aromatic rings. The summed E-state index contributed by atoms with van der Waals surface area (Å²) in [7, 11) is 0. The van der Waals surface area contributed by atoms with Gasteiger partial charge in [-0.25, -0.2) is 4.39 Å². The third-order valence-corrected chi connectivity index (χ3v) is 3.66. The largest absolute Gasteiger partial charge is 0.374 e. The van der Waals surface area contributed by atoms with Crippen LogP contribution in [0.3, 0.4) is 0 Å². The summed E-state index contributed by atoms with van der Waals surface area (Å²) in [6, 6.07) is 7.68. The van der Waals surface area contributed by atoms with Crippen LogP contribution in [0.1, 0.15) is 31.9 Å². The van der Waals surface area contributed by atoms with E-state index in [1.165, 1.54) is 0 Å². The van der Waals surface area contributed by atoms with Crippen molar-refractivity contribution >= 4 is 11.6 Å². The third-order valence-electron chi connectivity index (χ3n) is 3.36. The quantitative estimate of drug-likeness (QED) is 0.654. The van der Waals surface area contributed by atoms with Crippen LogP contribution < -0.4 is 5.43 Å². The Hall–Kier alpha value is -1.96. The van der Waals surface area contributed by atoms with Crippen molar-refractivity contribution < 1.29 is 9.13 Å². The minimum absolute atomic E-state index is 0.0738. The molecule has 5 heteroatoms. The van der Waals surface area contributed by atoms with Crippen molar-refractivity contribution in [3.63, 3.8) is 0 Å². The molecule has 0 atom stereocenters. The van der Waals surface area contributed by atoms with Gasteiger partial charge < -0.3 is 10.2 Å². The molecule has 1 N–H and O–H groups in total. The topological polar surface area (TPSA) is 24.5 Å². The molecule has 0 fully saturated rings. The minimum atomic E-state index is -0.465. The lowest BCUT2D eigenvalue weighted by Gasteiger charge is -2.36. The van der Waals surface area contributed by atoms with Gasteiger partial charge in [-0.2, -0.15) is 0 Å². The number of nitrogens with one attached hydrogen (secondary N) is 1. The molecule has 2 rings (SSSR count). The standard InChI is InChI=1S/C19H22ClFN2O/c1-19(2,3)23-13-18(20)17(12-22-23)9-8-15-4-6-16(7-5-15)14-24-11-10-21/h4-7,12-13,22H,10-11,14H2,1-3H3. The van der Waals surface area contributed by atoms with Gasteiger partial charge in [-0.15, -0.1) is 0 Å². The highest BCUT2D eigenvalue weighted by molar-refractivity contribution is 6.32. The average Bonchev–Trinajstić information content (AvgIpc) is 2.54. The minimum Gasteiger partial charge on any atom is -0.374 e. The number of rotatable bonds is 4. The molecule has 0 saturated carbocycles. The lowest BCUT2D eigenvalue weighted by atomic mass is 10.1. The highest BCUT2D eigenvalue weighted by Crippen LogP contribution is 2.22. The number of allylic oxidation sites excluding steroid dienone is 2. The maximum absolute atomic E-state index is 12.0. The van der Waals surface area contributed by atoms with Crippen LogP contribution in [-0.2, 0) is 11.3 Å². The number of hydrogen-bond acceptors (Lipinski definition) is 3. The second-order valence-corrected chi connectivity index (χ2v) is 6.80. The van der Waals surface area contributed by atoms with E-state index < -0.39 is 6.67 Å². The SMILES string of the molecule is CC(C)(C)N1C=C(Cl)C(C#Cc2ccc(COCCF)cc2)=CN1. The monoisotopic (exact) mass is 348 g/mol. The van der Waals surface area contributed by atoms with Gasteiger partial charge in [0.25, 0.3) is 0 Å². The van der Waals surface area contributed by atoms with Gasteiger partial charge in [-0.3, -0.25) is 5.01 Å². The normalized spacial score (nSPS) is 14.3. The molecule has 0 radical (unpaired) electrons. The van der Waals surface area contributed by atoms with Crippen molar-refractivity contribution in [2.45, 2.75) is 32.9 Å². The zero-order valence-electron chi connectivity index (χ0n) is 14.2. The van der Waals surface area contributed by atoms with Gasteiger partial charge in [0, 0.05) is 18.0 Å². The molecule has 0 bridgehead atoms. The van der Waals surface area contributed by atoms with Gasteiger partial charge in [0.15, 0.2) is 0 Å². The van der Waals surface area contributed by atoms with Crippen LogP contribution in [0.15, 0.2) is 47.3 Å². The van der Waals surface area contributed by atoms with Crippen molar-refractivity contribution in [3.05, 3.63) is 58.4 Å². The lowest BCUT2D eigenvalue weighted by Crippen LogP contribution is -2.45. The van der Waals surface area contributed by atoms with E-state index in [1.54, 1.807) is 6.20 Å². The summed E-state index contributed by atoms with van der Waals surface area (Å²) in [5.41, 5.74) is 5.72. The summed E-state index contributed by atoms with van der Waals surface area (Å²) in [6.45, 7) is 6.33. The molecule has 1 aliphatic rings. The van der Waals surface area contributed by atoms with E-state index in [0.29, 0.717) is 11.6 Å². The van der Waals surface area contributed by atoms with Crippen molar-refractivity contribution in [2.24, 2.45) is 0 Å². The highest BCUT2D eigenvalue weighted by atomic mass is 35.5. The first kappa shape index (κ1) is 18.4. The van der Waals surface area contributed by atoms with Gasteiger partial charge in [0.2, 0.25) is 0 Å². The number of hydrogen-bond donors (Lipinski definition) is 1. The van der Waals surface area contributed by atoms with Crippen molar-refractivity contribution in [1.82, 2.24) is 10.4 Å². The molecule has 3 nitrogen and oxygen atoms in total. The van der Waals surface area contributed by atoms with Crippen LogP contribution in [0.2, 0.25) is 0 Å². The van der Waals surface area contributed by atoms with E-state index >= 15 is 0 Å². The lowest BCUT2D eigenvalue weighted by molar-refractivity contribution is 0.106. The molecule has 1 aromatic carbocycles. The molecule has 1 aliphatic heterocycles. The van der Waals surface area contributed by atoms with E-state index in [2.05, 4.69) is 38.0 Å². The van der Waals surface area contributed by atoms with Crippen LogP contribution in [0.5, 0.6) is 0 Å². The first-order chi connectivity index (χ1) is 11.4. The van der Waals surface area contributed by atoms with Gasteiger partial charge in [0.05, 0.1) is 29.4 Å². The summed E-state index contributed by atoms with van der Waals surface area (Å²) < 4.78 is 17.1. The van der Waals surface area contributed by atoms with Crippen LogP contribution in [-0.4, -0.2) is 23.8 Å². The second-order valence-electron chi connectivity index (χ2n) is 6.39. The van der Waals surface area contributed by atoms with Crippen LogP contribution >= 0.6 is 11.6 Å². The van der Waals surface area contributed by atoms with E-state index in [9.17, 15) is 4.39 Å². The second kappa shape index (κ2) is 8.23. The first-order valence-electron chi connectivity index (χ1n) is 7.78. The zero-order valence-corrected chi connectivity index (χ0v) is 15.0. The number of halogens is 2. The fourth-order valence-electron chi connectivity index (χ4n) is 1.97. The molecular formula is C19H22ClFN2O. The zero-order chi connectivity index (χ0) is 17.6. The Morgan fingerprint density at radius 2 is 1.92 bits per heavy atom.